The molecule has 0 bridgehead atoms. The molecule has 21 heavy (non-hydrogen) atoms. The molecule has 0 aliphatic carbocycles. The third kappa shape index (κ3) is 8.42. The molecule has 0 aromatic carbocycles. The summed E-state index contributed by atoms with van der Waals surface area (Å²) in [5, 5.41) is 21.1. The highest BCUT2D eigenvalue weighted by atomic mass is 16.4. The van der Waals surface area contributed by atoms with E-state index >= 15 is 0 Å². The SMILES string of the molecule is CCCCCCC(O)C[N+](CC)(CC)CCC(C)C(=O)[O-]. The molecule has 126 valence electrons. The molecule has 0 aliphatic heterocycles. The second kappa shape index (κ2) is 11.0. The molecule has 0 rings (SSSR count). The van der Waals surface area contributed by atoms with Crippen LogP contribution >= 0.6 is 0 Å². The van der Waals surface area contributed by atoms with E-state index in [0.717, 1.165) is 43.5 Å². The van der Waals surface area contributed by atoms with Gasteiger partial charge in [0.1, 0.15) is 12.6 Å². The number of aliphatic carboxylic acids is 1. The van der Waals surface area contributed by atoms with E-state index < -0.39 is 11.9 Å². The number of carbonyl (C=O) groups excluding carboxylic acids is 1. The molecule has 0 saturated heterocycles. The van der Waals surface area contributed by atoms with Crippen LogP contribution < -0.4 is 5.11 Å². The van der Waals surface area contributed by atoms with Crippen molar-refractivity contribution >= 4 is 5.97 Å². The normalized spacial score (nSPS) is 14.9. The summed E-state index contributed by atoms with van der Waals surface area (Å²) in [5.41, 5.74) is 0. The van der Waals surface area contributed by atoms with Crippen LogP contribution in [0.15, 0.2) is 0 Å². The highest BCUT2D eigenvalue weighted by molar-refractivity contribution is 5.66. The molecule has 4 heteroatoms. The molecular weight excluding hydrogens is 266 g/mol. The van der Waals surface area contributed by atoms with Crippen LogP contribution in [0.25, 0.3) is 0 Å². The number of carbonyl (C=O) groups is 1. The number of rotatable bonds is 13. The standard InChI is InChI=1S/C17H35NO3/c1-5-8-9-10-11-16(19)14-18(6-2,7-3)13-12-15(4)17(20)21/h15-16,19H,5-14H2,1-4H3. The molecule has 4 nitrogen and oxygen atoms in total. The van der Waals surface area contributed by atoms with E-state index in [2.05, 4.69) is 20.8 Å². The Bertz CT molecular complexity index is 277. The van der Waals surface area contributed by atoms with Crippen LogP contribution in [0.3, 0.4) is 0 Å². The quantitative estimate of drug-likeness (QED) is 0.418. The number of likely N-dealkylation sites (N-methyl/N-ethyl adjacent to an activating group) is 1. The minimum Gasteiger partial charge on any atom is -0.550 e. The van der Waals surface area contributed by atoms with E-state index in [0.29, 0.717) is 6.42 Å². The molecule has 0 aromatic heterocycles. The minimum absolute atomic E-state index is 0.278. The Hall–Kier alpha value is -0.610. The van der Waals surface area contributed by atoms with E-state index in [-0.39, 0.29) is 6.10 Å². The van der Waals surface area contributed by atoms with Crippen LogP contribution in [0.5, 0.6) is 0 Å². The third-order valence-corrected chi connectivity index (χ3v) is 4.77. The zero-order valence-electron chi connectivity index (χ0n) is 14.4. The van der Waals surface area contributed by atoms with E-state index in [1.165, 1.54) is 19.3 Å². The summed E-state index contributed by atoms with van der Waals surface area (Å²) < 4.78 is 0.798. The van der Waals surface area contributed by atoms with Gasteiger partial charge in [-0.05, 0) is 20.3 Å². The average molecular weight is 301 g/mol. The molecule has 0 fully saturated rings. The van der Waals surface area contributed by atoms with Crippen molar-refractivity contribution in [3.8, 4) is 0 Å². The Morgan fingerprint density at radius 3 is 2.19 bits per heavy atom. The molecular formula is C17H35NO3. The summed E-state index contributed by atoms with van der Waals surface area (Å²) in [7, 11) is 0. The number of aliphatic hydroxyl groups is 1. The van der Waals surface area contributed by atoms with Gasteiger partial charge in [0, 0.05) is 18.3 Å². The fourth-order valence-corrected chi connectivity index (χ4v) is 2.82. The van der Waals surface area contributed by atoms with Crippen LogP contribution in [0.4, 0.5) is 0 Å². The summed E-state index contributed by atoms with van der Waals surface area (Å²) >= 11 is 0. The number of unbranched alkanes of at least 4 members (excludes halogenated alkanes) is 3. The summed E-state index contributed by atoms with van der Waals surface area (Å²) in [4.78, 5) is 10.9. The van der Waals surface area contributed by atoms with Crippen molar-refractivity contribution in [3.05, 3.63) is 0 Å². The molecule has 2 atom stereocenters. The molecule has 0 radical (unpaired) electrons. The predicted molar refractivity (Wildman–Crippen MR) is 84.6 cm³/mol. The Morgan fingerprint density at radius 1 is 1.10 bits per heavy atom. The van der Waals surface area contributed by atoms with Gasteiger partial charge >= 0.3 is 0 Å². The molecule has 0 aromatic rings. The van der Waals surface area contributed by atoms with Gasteiger partial charge in [-0.15, -0.1) is 0 Å². The summed E-state index contributed by atoms with van der Waals surface area (Å²) in [5.74, 6) is -1.39. The summed E-state index contributed by atoms with van der Waals surface area (Å²) in [6.07, 6.45) is 5.91. The van der Waals surface area contributed by atoms with Gasteiger partial charge in [0.25, 0.3) is 0 Å². The van der Waals surface area contributed by atoms with Crippen LogP contribution in [-0.2, 0) is 4.79 Å². The molecule has 2 unspecified atom stereocenters. The Labute approximate surface area is 130 Å². The lowest BCUT2D eigenvalue weighted by atomic mass is 10.0. The smallest absolute Gasteiger partial charge is 0.105 e. The molecule has 0 saturated carbocycles. The van der Waals surface area contributed by atoms with Gasteiger partial charge in [-0.3, -0.25) is 0 Å². The molecule has 1 N–H and O–H groups in total. The van der Waals surface area contributed by atoms with Crippen molar-refractivity contribution in [2.75, 3.05) is 26.2 Å². The van der Waals surface area contributed by atoms with Crippen LogP contribution in [0.1, 0.15) is 66.2 Å². The van der Waals surface area contributed by atoms with Gasteiger partial charge in [0.15, 0.2) is 0 Å². The first-order valence-corrected chi connectivity index (χ1v) is 8.64. The van der Waals surface area contributed by atoms with Gasteiger partial charge in [0.2, 0.25) is 0 Å². The number of hydrogen-bond acceptors (Lipinski definition) is 3. The van der Waals surface area contributed by atoms with Crippen molar-refractivity contribution in [3.63, 3.8) is 0 Å². The Balaban J connectivity index is 4.33. The fourth-order valence-electron chi connectivity index (χ4n) is 2.82. The van der Waals surface area contributed by atoms with Crippen LogP contribution in [0, 0.1) is 5.92 Å². The number of quaternary nitrogens is 1. The number of carboxylic acids is 1. The van der Waals surface area contributed by atoms with Gasteiger partial charge < -0.3 is 19.5 Å². The summed E-state index contributed by atoms with van der Waals surface area (Å²) in [6.45, 7) is 11.5. The number of hydrogen-bond donors (Lipinski definition) is 1. The lowest BCUT2D eigenvalue weighted by Gasteiger charge is -2.39. The maximum absolute atomic E-state index is 10.9. The van der Waals surface area contributed by atoms with Gasteiger partial charge in [0.05, 0.1) is 19.6 Å². The summed E-state index contributed by atoms with van der Waals surface area (Å²) in [6, 6.07) is 0. The van der Waals surface area contributed by atoms with Gasteiger partial charge in [-0.1, -0.05) is 39.5 Å². The van der Waals surface area contributed by atoms with Crippen molar-refractivity contribution in [1.29, 1.82) is 0 Å². The van der Waals surface area contributed by atoms with E-state index in [4.69, 9.17) is 0 Å². The van der Waals surface area contributed by atoms with Crippen molar-refractivity contribution < 1.29 is 19.5 Å². The highest BCUT2D eigenvalue weighted by Gasteiger charge is 2.27. The molecule has 0 amide bonds. The maximum Gasteiger partial charge on any atom is 0.105 e. The lowest BCUT2D eigenvalue weighted by Crippen LogP contribution is -2.53. The van der Waals surface area contributed by atoms with Crippen molar-refractivity contribution in [2.24, 2.45) is 5.92 Å². The first kappa shape index (κ1) is 20.4. The number of carboxylic acid groups (broad SMARTS) is 1. The van der Waals surface area contributed by atoms with E-state index in [9.17, 15) is 15.0 Å². The largest absolute Gasteiger partial charge is 0.550 e. The van der Waals surface area contributed by atoms with Crippen LogP contribution in [-0.4, -0.2) is 47.8 Å². The van der Waals surface area contributed by atoms with Gasteiger partial charge in [-0.2, -0.15) is 0 Å². The van der Waals surface area contributed by atoms with E-state index in [1.54, 1.807) is 6.92 Å². The monoisotopic (exact) mass is 301 g/mol. The predicted octanol–water partition coefficient (Wildman–Crippen LogP) is 1.95. The molecule has 0 spiro atoms. The first-order valence-electron chi connectivity index (χ1n) is 8.64. The first-order chi connectivity index (χ1) is 9.90. The topological polar surface area (TPSA) is 60.4 Å². The zero-order valence-corrected chi connectivity index (χ0v) is 14.4. The van der Waals surface area contributed by atoms with E-state index in [1.807, 2.05) is 0 Å². The third-order valence-electron chi connectivity index (χ3n) is 4.77. The maximum atomic E-state index is 10.9. The average Bonchev–Trinajstić information content (AvgIpc) is 2.47. The van der Waals surface area contributed by atoms with Crippen molar-refractivity contribution in [2.45, 2.75) is 72.3 Å². The number of aliphatic hydroxyl groups excluding tert-OH is 1. The second-order valence-electron chi connectivity index (χ2n) is 6.39. The lowest BCUT2D eigenvalue weighted by molar-refractivity contribution is -0.928. The number of nitrogens with zero attached hydrogens (tertiary/aromatic N) is 1. The fraction of sp³-hybridized carbons (Fsp3) is 0.941. The minimum atomic E-state index is -0.972. The Morgan fingerprint density at radius 2 is 1.71 bits per heavy atom. The highest BCUT2D eigenvalue weighted by Crippen LogP contribution is 2.16. The molecule has 0 aliphatic rings. The zero-order chi connectivity index (χ0) is 16.3. The Kier molecular flexibility index (Phi) is 10.7. The molecule has 0 heterocycles. The van der Waals surface area contributed by atoms with Gasteiger partial charge in [-0.25, -0.2) is 0 Å². The van der Waals surface area contributed by atoms with Crippen LogP contribution in [0.2, 0.25) is 0 Å². The second-order valence-corrected chi connectivity index (χ2v) is 6.39. The van der Waals surface area contributed by atoms with Crippen molar-refractivity contribution in [1.82, 2.24) is 0 Å².